The molecule has 0 saturated carbocycles. The molecule has 0 unspecified atom stereocenters. The lowest BCUT2D eigenvalue weighted by Gasteiger charge is -2.42. The third-order valence-electron chi connectivity index (χ3n) is 6.14. The molecule has 3 aliphatic rings. The highest BCUT2D eigenvalue weighted by molar-refractivity contribution is 7.89. The number of aliphatic hydroxyl groups is 1. The third-order valence-corrected chi connectivity index (χ3v) is 8.06. The molecule has 0 radical (unpaired) electrons. The number of amides is 1. The molecule has 1 aromatic rings. The van der Waals surface area contributed by atoms with E-state index in [2.05, 4.69) is 10.2 Å². The fourth-order valence-corrected chi connectivity index (χ4v) is 6.15. The van der Waals surface area contributed by atoms with Crippen LogP contribution in [0.15, 0.2) is 29.2 Å². The largest absolute Gasteiger partial charge is 0.492 e. The summed E-state index contributed by atoms with van der Waals surface area (Å²) in [5.74, 6) is -0.0378. The average Bonchev–Trinajstić information content (AvgIpc) is 3.07. The number of piperidine rings is 1. The van der Waals surface area contributed by atoms with Crippen LogP contribution in [0.5, 0.6) is 5.75 Å². The van der Waals surface area contributed by atoms with Crippen LogP contribution in [0.1, 0.15) is 25.7 Å². The average molecular weight is 410 g/mol. The first-order valence-electron chi connectivity index (χ1n) is 9.73. The Hall–Kier alpha value is -1.68. The first kappa shape index (κ1) is 19.6. The molecule has 154 valence electrons. The number of nitrogens with one attached hydrogen (secondary N) is 1. The predicted molar refractivity (Wildman–Crippen MR) is 102 cm³/mol. The smallest absolute Gasteiger partial charge is 0.247 e. The molecular weight excluding hydrogens is 382 g/mol. The van der Waals surface area contributed by atoms with Crippen molar-refractivity contribution in [1.29, 1.82) is 0 Å². The molecule has 4 rings (SSSR count). The maximum atomic E-state index is 13.3. The maximum absolute atomic E-state index is 13.3. The van der Waals surface area contributed by atoms with Gasteiger partial charge in [-0.05, 0) is 32.0 Å². The van der Waals surface area contributed by atoms with Crippen LogP contribution in [0.3, 0.4) is 0 Å². The van der Waals surface area contributed by atoms with Crippen LogP contribution in [0.4, 0.5) is 0 Å². The van der Waals surface area contributed by atoms with Crippen molar-refractivity contribution in [1.82, 2.24) is 14.5 Å². The topological polar surface area (TPSA) is 99.2 Å². The molecule has 2 saturated heterocycles. The fraction of sp³-hybridized carbons (Fsp3) is 0.632. The number of hydrogen-bond acceptors (Lipinski definition) is 6. The summed E-state index contributed by atoms with van der Waals surface area (Å²) in [5.41, 5.74) is -0.425. The van der Waals surface area contributed by atoms with Crippen LogP contribution in [0, 0.1) is 0 Å². The molecule has 2 fully saturated rings. The van der Waals surface area contributed by atoms with E-state index in [1.807, 2.05) is 7.05 Å². The summed E-state index contributed by atoms with van der Waals surface area (Å²) >= 11 is 0. The number of likely N-dealkylation sites (tertiary alicyclic amines) is 1. The van der Waals surface area contributed by atoms with Gasteiger partial charge in [-0.25, -0.2) is 8.42 Å². The van der Waals surface area contributed by atoms with E-state index in [9.17, 15) is 18.3 Å². The van der Waals surface area contributed by atoms with E-state index in [0.717, 1.165) is 30.2 Å². The highest BCUT2D eigenvalue weighted by Crippen LogP contribution is 2.34. The molecular formula is C19H27N3O5S. The Balaban J connectivity index is 1.75. The highest BCUT2D eigenvalue weighted by Gasteiger charge is 2.47. The monoisotopic (exact) mass is 409 g/mol. The van der Waals surface area contributed by atoms with Gasteiger partial charge in [0.2, 0.25) is 15.9 Å². The lowest BCUT2D eigenvalue weighted by molar-refractivity contribution is -0.127. The standard InChI is InChI=1S/C19H27N3O5S/c1-21-9-6-19(7-10-21)8-11-27-16-4-2-3-5-17(16)28(25,26)22-13-14(23)12-15(22)18(24)20-19/h2-5,14-15,23H,6-13H2,1H3,(H,20,24)/t14-,15+/m1/s1. The Labute approximate surface area is 165 Å². The zero-order chi connectivity index (χ0) is 19.9. The van der Waals surface area contributed by atoms with E-state index in [1.165, 1.54) is 6.07 Å². The van der Waals surface area contributed by atoms with Gasteiger partial charge in [-0.3, -0.25) is 4.79 Å². The molecule has 1 spiro atoms. The van der Waals surface area contributed by atoms with Crippen molar-refractivity contribution < 1.29 is 23.1 Å². The Kier molecular flexibility index (Phi) is 5.11. The van der Waals surface area contributed by atoms with Gasteiger partial charge in [0.15, 0.2) is 0 Å². The summed E-state index contributed by atoms with van der Waals surface area (Å²) in [6, 6.07) is 5.59. The van der Waals surface area contributed by atoms with Crippen LogP contribution in [-0.4, -0.2) is 79.6 Å². The lowest BCUT2D eigenvalue weighted by Crippen LogP contribution is -2.58. The number of aliphatic hydroxyl groups excluding tert-OH is 1. The van der Waals surface area contributed by atoms with Crippen molar-refractivity contribution in [2.24, 2.45) is 0 Å². The van der Waals surface area contributed by atoms with Crippen LogP contribution in [0.2, 0.25) is 0 Å². The van der Waals surface area contributed by atoms with Crippen molar-refractivity contribution in [3.63, 3.8) is 0 Å². The number of hydrogen-bond donors (Lipinski definition) is 2. The van der Waals surface area contributed by atoms with Crippen molar-refractivity contribution >= 4 is 15.9 Å². The first-order valence-corrected chi connectivity index (χ1v) is 11.2. The number of nitrogens with zero attached hydrogens (tertiary/aromatic N) is 2. The van der Waals surface area contributed by atoms with Crippen LogP contribution in [0.25, 0.3) is 0 Å². The van der Waals surface area contributed by atoms with Gasteiger partial charge in [0.05, 0.1) is 12.7 Å². The minimum atomic E-state index is -3.97. The maximum Gasteiger partial charge on any atom is 0.247 e. The van der Waals surface area contributed by atoms with Crippen molar-refractivity contribution in [2.45, 2.75) is 48.3 Å². The van der Waals surface area contributed by atoms with E-state index >= 15 is 0 Å². The van der Waals surface area contributed by atoms with E-state index in [-0.39, 0.29) is 23.8 Å². The van der Waals surface area contributed by atoms with Gasteiger partial charge < -0.3 is 20.1 Å². The molecule has 0 aromatic heterocycles. The van der Waals surface area contributed by atoms with Gasteiger partial charge in [0.25, 0.3) is 0 Å². The Morgan fingerprint density at radius 1 is 1.21 bits per heavy atom. The molecule has 28 heavy (non-hydrogen) atoms. The van der Waals surface area contributed by atoms with Gasteiger partial charge in [-0.15, -0.1) is 0 Å². The number of ether oxygens (including phenoxy) is 1. The summed E-state index contributed by atoms with van der Waals surface area (Å²) in [5, 5.41) is 13.3. The second-order valence-electron chi connectivity index (χ2n) is 8.10. The summed E-state index contributed by atoms with van der Waals surface area (Å²) in [6.45, 7) is 1.94. The number of carbonyl (C=O) groups is 1. The molecule has 2 N–H and O–H groups in total. The van der Waals surface area contributed by atoms with Crippen LogP contribution >= 0.6 is 0 Å². The predicted octanol–water partition coefficient (Wildman–Crippen LogP) is 0.174. The highest BCUT2D eigenvalue weighted by atomic mass is 32.2. The molecule has 8 nitrogen and oxygen atoms in total. The van der Waals surface area contributed by atoms with Crippen molar-refractivity contribution in [3.05, 3.63) is 24.3 Å². The van der Waals surface area contributed by atoms with Crippen LogP contribution < -0.4 is 10.1 Å². The van der Waals surface area contributed by atoms with Gasteiger partial charge >= 0.3 is 0 Å². The molecule has 1 amide bonds. The molecule has 0 aliphatic carbocycles. The minimum Gasteiger partial charge on any atom is -0.492 e. The van der Waals surface area contributed by atoms with E-state index < -0.39 is 27.7 Å². The van der Waals surface area contributed by atoms with Crippen LogP contribution in [-0.2, 0) is 14.8 Å². The summed E-state index contributed by atoms with van der Waals surface area (Å²) in [4.78, 5) is 15.4. The van der Waals surface area contributed by atoms with E-state index in [0.29, 0.717) is 18.8 Å². The normalized spacial score (nSPS) is 30.6. The third kappa shape index (κ3) is 3.52. The van der Waals surface area contributed by atoms with E-state index in [1.54, 1.807) is 18.2 Å². The quantitative estimate of drug-likeness (QED) is 0.634. The summed E-state index contributed by atoms with van der Waals surface area (Å²) in [7, 11) is -1.92. The number of benzene rings is 1. The summed E-state index contributed by atoms with van der Waals surface area (Å²) < 4.78 is 33.6. The SMILES string of the molecule is CN1CCC2(CCOc3ccccc3S(=O)(=O)N3C[C@H](O)C[C@H]3C(=O)N2)CC1. The Morgan fingerprint density at radius 2 is 1.93 bits per heavy atom. The number of sulfonamides is 1. The van der Waals surface area contributed by atoms with E-state index in [4.69, 9.17) is 4.74 Å². The molecule has 9 heteroatoms. The Morgan fingerprint density at radius 3 is 2.68 bits per heavy atom. The molecule has 3 aliphatic heterocycles. The first-order chi connectivity index (χ1) is 13.3. The molecule has 2 atom stereocenters. The number of para-hydroxylation sites is 1. The second kappa shape index (κ2) is 7.29. The minimum absolute atomic E-state index is 0.0428. The van der Waals surface area contributed by atoms with Gasteiger partial charge in [-0.2, -0.15) is 4.31 Å². The zero-order valence-corrected chi connectivity index (χ0v) is 16.8. The lowest BCUT2D eigenvalue weighted by atomic mass is 9.84. The summed E-state index contributed by atoms with van der Waals surface area (Å²) in [6.07, 6.45) is 1.40. The molecule has 1 aromatic carbocycles. The second-order valence-corrected chi connectivity index (χ2v) is 9.96. The van der Waals surface area contributed by atoms with Gasteiger partial charge in [-0.1, -0.05) is 12.1 Å². The molecule has 3 heterocycles. The van der Waals surface area contributed by atoms with Gasteiger partial charge in [0.1, 0.15) is 16.7 Å². The zero-order valence-electron chi connectivity index (χ0n) is 16.0. The number of rotatable bonds is 0. The van der Waals surface area contributed by atoms with Gasteiger partial charge in [0, 0.05) is 38.0 Å². The number of fused-ring (bicyclic) bond motifs is 2. The number of carbonyl (C=O) groups excluding carboxylic acids is 1. The Bertz CT molecular complexity index is 851. The fourth-order valence-electron chi connectivity index (χ4n) is 4.38. The van der Waals surface area contributed by atoms with Crippen molar-refractivity contribution in [3.8, 4) is 5.75 Å². The van der Waals surface area contributed by atoms with Crippen molar-refractivity contribution in [2.75, 3.05) is 33.3 Å². The molecule has 0 bridgehead atoms.